The number of halogens is 2. The van der Waals surface area contributed by atoms with Crippen molar-refractivity contribution in [2.24, 2.45) is 0 Å². The third kappa shape index (κ3) is 4.15. The van der Waals surface area contributed by atoms with Crippen LogP contribution in [0, 0.1) is 12.7 Å². The highest BCUT2D eigenvalue weighted by molar-refractivity contribution is 7.92. The number of sulfonamides is 1. The van der Waals surface area contributed by atoms with Crippen LogP contribution in [-0.2, 0) is 10.0 Å². The van der Waals surface area contributed by atoms with Crippen LogP contribution in [0.1, 0.15) is 5.56 Å². The number of hydrogen-bond donors (Lipinski definition) is 1. The quantitative estimate of drug-likeness (QED) is 0.635. The Morgan fingerprint density at radius 3 is 2.42 bits per heavy atom. The molecule has 26 heavy (non-hydrogen) atoms. The van der Waals surface area contributed by atoms with E-state index in [0.717, 1.165) is 6.07 Å². The van der Waals surface area contributed by atoms with Gasteiger partial charge in [0.15, 0.2) is 5.75 Å². The first kappa shape index (κ1) is 18.2. The second-order valence-corrected chi connectivity index (χ2v) is 7.69. The summed E-state index contributed by atoms with van der Waals surface area (Å²) in [6, 6.07) is 17.1. The standard InChI is InChI=1S/C19H15ClFNO3S/c1-13-11-16(8-9-17(13)21)26(23,24)22-18-12-14(20)7-10-19(18)25-15-5-3-2-4-6-15/h2-12,22H,1H3. The van der Waals surface area contributed by atoms with E-state index in [-0.39, 0.29) is 16.1 Å². The molecule has 0 aliphatic carbocycles. The highest BCUT2D eigenvalue weighted by atomic mass is 35.5. The molecule has 0 aliphatic heterocycles. The molecule has 0 saturated carbocycles. The Morgan fingerprint density at radius 1 is 1.00 bits per heavy atom. The van der Waals surface area contributed by atoms with Crippen LogP contribution in [0.3, 0.4) is 0 Å². The largest absolute Gasteiger partial charge is 0.455 e. The van der Waals surface area contributed by atoms with E-state index in [0.29, 0.717) is 16.5 Å². The third-order valence-corrected chi connectivity index (χ3v) is 5.19. The van der Waals surface area contributed by atoms with Crippen molar-refractivity contribution in [1.82, 2.24) is 0 Å². The van der Waals surface area contributed by atoms with E-state index in [1.165, 1.54) is 25.1 Å². The van der Waals surface area contributed by atoms with Gasteiger partial charge in [0.05, 0.1) is 10.6 Å². The molecule has 0 spiro atoms. The molecule has 3 rings (SSSR count). The highest BCUT2D eigenvalue weighted by Crippen LogP contribution is 2.33. The second-order valence-electron chi connectivity index (χ2n) is 5.57. The Bertz CT molecular complexity index is 1040. The van der Waals surface area contributed by atoms with Crippen molar-refractivity contribution in [3.05, 3.63) is 83.1 Å². The fourth-order valence-electron chi connectivity index (χ4n) is 2.27. The molecule has 0 fully saturated rings. The lowest BCUT2D eigenvalue weighted by molar-refractivity contribution is 0.485. The van der Waals surface area contributed by atoms with Crippen molar-refractivity contribution < 1.29 is 17.5 Å². The first-order valence-corrected chi connectivity index (χ1v) is 9.53. The van der Waals surface area contributed by atoms with Gasteiger partial charge in [-0.25, -0.2) is 12.8 Å². The molecule has 0 aliphatic rings. The van der Waals surface area contributed by atoms with Crippen molar-refractivity contribution in [3.8, 4) is 11.5 Å². The topological polar surface area (TPSA) is 55.4 Å². The van der Waals surface area contributed by atoms with Crippen molar-refractivity contribution in [1.29, 1.82) is 0 Å². The first-order chi connectivity index (χ1) is 12.3. The minimum absolute atomic E-state index is 0.0537. The van der Waals surface area contributed by atoms with Crippen LogP contribution >= 0.6 is 11.6 Å². The van der Waals surface area contributed by atoms with E-state index in [1.807, 2.05) is 6.07 Å². The molecule has 3 aromatic rings. The number of anilines is 1. The molecule has 0 radical (unpaired) electrons. The van der Waals surface area contributed by atoms with E-state index in [2.05, 4.69) is 4.72 Å². The predicted molar refractivity (Wildman–Crippen MR) is 99.9 cm³/mol. The van der Waals surface area contributed by atoms with Crippen molar-refractivity contribution in [2.75, 3.05) is 4.72 Å². The summed E-state index contributed by atoms with van der Waals surface area (Å²) >= 11 is 6.00. The molecular weight excluding hydrogens is 377 g/mol. The minimum atomic E-state index is -3.94. The van der Waals surface area contributed by atoms with E-state index >= 15 is 0 Å². The number of hydrogen-bond acceptors (Lipinski definition) is 3. The zero-order chi connectivity index (χ0) is 18.7. The van der Waals surface area contributed by atoms with Gasteiger partial charge >= 0.3 is 0 Å². The van der Waals surface area contributed by atoms with Gasteiger partial charge in [-0.2, -0.15) is 0 Å². The monoisotopic (exact) mass is 391 g/mol. The SMILES string of the molecule is Cc1cc(S(=O)(=O)Nc2cc(Cl)ccc2Oc2ccccc2)ccc1F. The van der Waals surface area contributed by atoms with Crippen LogP contribution in [0.25, 0.3) is 0 Å². The lowest BCUT2D eigenvalue weighted by Gasteiger charge is -2.14. The fraction of sp³-hybridized carbons (Fsp3) is 0.0526. The van der Waals surface area contributed by atoms with Gasteiger partial charge in [0.25, 0.3) is 10.0 Å². The zero-order valence-corrected chi connectivity index (χ0v) is 15.3. The summed E-state index contributed by atoms with van der Waals surface area (Å²) in [7, 11) is -3.94. The van der Waals surface area contributed by atoms with Crippen molar-refractivity contribution in [2.45, 2.75) is 11.8 Å². The van der Waals surface area contributed by atoms with Gasteiger partial charge in [-0.3, -0.25) is 4.72 Å². The number of benzene rings is 3. The van der Waals surface area contributed by atoms with E-state index in [1.54, 1.807) is 36.4 Å². The van der Waals surface area contributed by atoms with E-state index in [4.69, 9.17) is 16.3 Å². The maximum Gasteiger partial charge on any atom is 0.262 e. The predicted octanol–water partition coefficient (Wildman–Crippen LogP) is 5.38. The number of nitrogens with one attached hydrogen (secondary N) is 1. The molecule has 0 aromatic heterocycles. The summed E-state index contributed by atoms with van der Waals surface area (Å²) in [5.74, 6) is 0.371. The average Bonchev–Trinajstić information content (AvgIpc) is 2.60. The summed E-state index contributed by atoms with van der Waals surface area (Å²) < 4.78 is 46.9. The van der Waals surface area contributed by atoms with Crippen LogP contribution in [0.4, 0.5) is 10.1 Å². The molecule has 0 heterocycles. The summed E-state index contributed by atoms with van der Waals surface area (Å²) in [4.78, 5) is -0.0537. The number of aryl methyl sites for hydroxylation is 1. The highest BCUT2D eigenvalue weighted by Gasteiger charge is 2.18. The molecule has 7 heteroatoms. The minimum Gasteiger partial charge on any atom is -0.455 e. The van der Waals surface area contributed by atoms with E-state index < -0.39 is 15.8 Å². The fourth-order valence-corrected chi connectivity index (χ4v) is 3.59. The van der Waals surface area contributed by atoms with Gasteiger partial charge in [0, 0.05) is 5.02 Å². The molecule has 1 N–H and O–H groups in total. The normalized spacial score (nSPS) is 11.2. The van der Waals surface area contributed by atoms with Gasteiger partial charge in [0.2, 0.25) is 0 Å². The lowest BCUT2D eigenvalue weighted by atomic mass is 10.2. The molecule has 0 unspecified atom stereocenters. The summed E-state index contributed by atoms with van der Waals surface area (Å²) in [6.07, 6.45) is 0. The van der Waals surface area contributed by atoms with E-state index in [9.17, 15) is 12.8 Å². The summed E-state index contributed by atoms with van der Waals surface area (Å²) in [6.45, 7) is 1.50. The Labute approximate surface area is 156 Å². The Balaban J connectivity index is 1.95. The molecule has 4 nitrogen and oxygen atoms in total. The third-order valence-electron chi connectivity index (χ3n) is 3.60. The Hall–Kier alpha value is -2.57. The van der Waals surface area contributed by atoms with Crippen LogP contribution in [0.15, 0.2) is 71.6 Å². The van der Waals surface area contributed by atoms with Crippen LogP contribution < -0.4 is 9.46 Å². The van der Waals surface area contributed by atoms with Crippen molar-refractivity contribution in [3.63, 3.8) is 0 Å². The number of rotatable bonds is 5. The maximum absolute atomic E-state index is 13.4. The van der Waals surface area contributed by atoms with Gasteiger partial charge in [-0.15, -0.1) is 0 Å². The molecule has 0 saturated heterocycles. The number of ether oxygens (including phenoxy) is 1. The Morgan fingerprint density at radius 2 is 1.73 bits per heavy atom. The van der Waals surface area contributed by atoms with Gasteiger partial charge in [-0.1, -0.05) is 29.8 Å². The van der Waals surface area contributed by atoms with Gasteiger partial charge in [0.1, 0.15) is 11.6 Å². The van der Waals surface area contributed by atoms with Crippen LogP contribution in [0.5, 0.6) is 11.5 Å². The molecule has 3 aromatic carbocycles. The molecular formula is C19H15ClFNO3S. The summed E-state index contributed by atoms with van der Waals surface area (Å²) in [5, 5.41) is 0.346. The average molecular weight is 392 g/mol. The number of para-hydroxylation sites is 1. The second kappa shape index (κ2) is 7.35. The smallest absolute Gasteiger partial charge is 0.262 e. The molecule has 0 atom stereocenters. The van der Waals surface area contributed by atoms with Gasteiger partial charge in [-0.05, 0) is 61.0 Å². The van der Waals surface area contributed by atoms with Crippen LogP contribution in [-0.4, -0.2) is 8.42 Å². The maximum atomic E-state index is 13.4. The molecule has 0 amide bonds. The zero-order valence-electron chi connectivity index (χ0n) is 13.7. The lowest BCUT2D eigenvalue weighted by Crippen LogP contribution is -2.14. The van der Waals surface area contributed by atoms with Gasteiger partial charge < -0.3 is 4.74 Å². The summed E-state index contributed by atoms with van der Waals surface area (Å²) in [5.41, 5.74) is 0.419. The van der Waals surface area contributed by atoms with Crippen molar-refractivity contribution >= 4 is 27.3 Å². The van der Waals surface area contributed by atoms with Crippen LogP contribution in [0.2, 0.25) is 5.02 Å². The Kier molecular flexibility index (Phi) is 5.15. The molecule has 134 valence electrons. The first-order valence-electron chi connectivity index (χ1n) is 7.66. The molecule has 0 bridgehead atoms.